The normalized spacial score (nSPS) is 25.3. The van der Waals surface area contributed by atoms with Crippen LogP contribution >= 0.6 is 0 Å². The molecule has 1 aromatic rings. The summed E-state index contributed by atoms with van der Waals surface area (Å²) >= 11 is 0. The zero-order valence-electron chi connectivity index (χ0n) is 8.36. The average Bonchev–Trinajstić information content (AvgIpc) is 2.17. The summed E-state index contributed by atoms with van der Waals surface area (Å²) in [4.78, 5) is 0. The Hall–Kier alpha value is -1.22. The summed E-state index contributed by atoms with van der Waals surface area (Å²) in [6.07, 6.45) is 2.15. The summed E-state index contributed by atoms with van der Waals surface area (Å²) in [5.41, 5.74) is 6.85. The van der Waals surface area contributed by atoms with Crippen LogP contribution in [0.1, 0.15) is 12.8 Å². The van der Waals surface area contributed by atoms with Gasteiger partial charge in [0.05, 0.1) is 7.11 Å². The molecule has 76 valence electrons. The molecule has 0 bridgehead atoms. The maximum Gasteiger partial charge on any atom is 0.119 e. The number of hydrogen-bond acceptors (Lipinski definition) is 3. The lowest BCUT2D eigenvalue weighted by Crippen LogP contribution is -2.44. The fourth-order valence-corrected chi connectivity index (χ4v) is 1.70. The molecule has 1 fully saturated rings. The van der Waals surface area contributed by atoms with Crippen LogP contribution in [0.5, 0.6) is 5.75 Å². The first-order valence-corrected chi connectivity index (χ1v) is 4.94. The summed E-state index contributed by atoms with van der Waals surface area (Å²) in [6.45, 7) is 0. The Balaban J connectivity index is 1.90. The molecule has 0 unspecified atom stereocenters. The van der Waals surface area contributed by atoms with Crippen LogP contribution in [0.2, 0.25) is 0 Å². The molecular weight excluding hydrogens is 176 g/mol. The summed E-state index contributed by atoms with van der Waals surface area (Å²) in [5.74, 6) is 0.890. The first-order valence-electron chi connectivity index (χ1n) is 4.94. The lowest BCUT2D eigenvalue weighted by atomic mass is 9.87. The Labute approximate surface area is 84.3 Å². The predicted octanol–water partition coefficient (Wildman–Crippen LogP) is 1.60. The van der Waals surface area contributed by atoms with Crippen molar-refractivity contribution in [1.29, 1.82) is 0 Å². The second kappa shape index (κ2) is 3.88. The Morgan fingerprint density at radius 1 is 1.29 bits per heavy atom. The third-order valence-corrected chi connectivity index (χ3v) is 2.64. The third-order valence-electron chi connectivity index (χ3n) is 2.64. The van der Waals surface area contributed by atoms with E-state index in [9.17, 15) is 0 Å². The SMILES string of the molecule is COc1ccc(NC2CC(N)C2)cc1. The quantitative estimate of drug-likeness (QED) is 0.764. The fraction of sp³-hybridized carbons (Fsp3) is 0.455. The molecule has 2 rings (SSSR count). The van der Waals surface area contributed by atoms with Gasteiger partial charge in [-0.3, -0.25) is 0 Å². The van der Waals surface area contributed by atoms with Gasteiger partial charge >= 0.3 is 0 Å². The van der Waals surface area contributed by atoms with Crippen LogP contribution in [0.3, 0.4) is 0 Å². The van der Waals surface area contributed by atoms with E-state index in [1.807, 2.05) is 24.3 Å². The van der Waals surface area contributed by atoms with Gasteiger partial charge in [-0.1, -0.05) is 0 Å². The molecule has 0 atom stereocenters. The molecule has 3 nitrogen and oxygen atoms in total. The van der Waals surface area contributed by atoms with Gasteiger partial charge in [-0.05, 0) is 37.1 Å². The van der Waals surface area contributed by atoms with Gasteiger partial charge in [0.1, 0.15) is 5.75 Å². The zero-order chi connectivity index (χ0) is 9.97. The van der Waals surface area contributed by atoms with Crippen molar-refractivity contribution >= 4 is 5.69 Å². The second-order valence-electron chi connectivity index (χ2n) is 3.80. The van der Waals surface area contributed by atoms with E-state index in [0.717, 1.165) is 24.3 Å². The minimum atomic E-state index is 0.394. The highest BCUT2D eigenvalue weighted by Gasteiger charge is 2.25. The van der Waals surface area contributed by atoms with Crippen LogP contribution in [0.4, 0.5) is 5.69 Å². The number of rotatable bonds is 3. The summed E-state index contributed by atoms with van der Waals surface area (Å²) in [6, 6.07) is 8.93. The van der Waals surface area contributed by atoms with Crippen molar-refractivity contribution < 1.29 is 4.74 Å². The monoisotopic (exact) mass is 192 g/mol. The molecule has 1 saturated carbocycles. The van der Waals surface area contributed by atoms with E-state index >= 15 is 0 Å². The van der Waals surface area contributed by atoms with Crippen molar-refractivity contribution in [2.75, 3.05) is 12.4 Å². The number of anilines is 1. The molecule has 0 amide bonds. The van der Waals surface area contributed by atoms with Gasteiger partial charge in [0, 0.05) is 17.8 Å². The van der Waals surface area contributed by atoms with Gasteiger partial charge in [0.25, 0.3) is 0 Å². The molecule has 3 N–H and O–H groups in total. The van der Waals surface area contributed by atoms with Gasteiger partial charge in [-0.2, -0.15) is 0 Å². The molecule has 0 aliphatic heterocycles. The number of methoxy groups -OCH3 is 1. The van der Waals surface area contributed by atoms with Gasteiger partial charge in [0.2, 0.25) is 0 Å². The number of ether oxygens (including phenoxy) is 1. The summed E-state index contributed by atoms with van der Waals surface area (Å²) in [5, 5.41) is 3.42. The number of nitrogens with two attached hydrogens (primary N) is 1. The van der Waals surface area contributed by atoms with E-state index in [4.69, 9.17) is 10.5 Å². The standard InChI is InChI=1S/C11H16N2O/c1-14-11-4-2-9(3-5-11)13-10-6-8(12)7-10/h2-5,8,10,13H,6-7,12H2,1H3. The van der Waals surface area contributed by atoms with E-state index < -0.39 is 0 Å². The Morgan fingerprint density at radius 2 is 1.93 bits per heavy atom. The smallest absolute Gasteiger partial charge is 0.119 e. The highest BCUT2D eigenvalue weighted by Crippen LogP contribution is 2.23. The van der Waals surface area contributed by atoms with Gasteiger partial charge in [-0.25, -0.2) is 0 Å². The van der Waals surface area contributed by atoms with Crippen molar-refractivity contribution in [2.45, 2.75) is 24.9 Å². The molecule has 0 spiro atoms. The van der Waals surface area contributed by atoms with Crippen LogP contribution in [-0.2, 0) is 0 Å². The minimum Gasteiger partial charge on any atom is -0.497 e. The van der Waals surface area contributed by atoms with Crippen molar-refractivity contribution in [3.63, 3.8) is 0 Å². The van der Waals surface area contributed by atoms with Gasteiger partial charge in [-0.15, -0.1) is 0 Å². The Bertz CT molecular complexity index is 291. The zero-order valence-corrected chi connectivity index (χ0v) is 8.36. The fourth-order valence-electron chi connectivity index (χ4n) is 1.70. The third kappa shape index (κ3) is 1.99. The second-order valence-corrected chi connectivity index (χ2v) is 3.80. The summed E-state index contributed by atoms with van der Waals surface area (Å²) < 4.78 is 5.08. The van der Waals surface area contributed by atoms with E-state index in [0.29, 0.717) is 12.1 Å². The lowest BCUT2D eigenvalue weighted by Gasteiger charge is -2.33. The van der Waals surface area contributed by atoms with E-state index in [1.165, 1.54) is 0 Å². The minimum absolute atomic E-state index is 0.394. The lowest BCUT2D eigenvalue weighted by molar-refractivity contribution is 0.373. The van der Waals surface area contributed by atoms with Crippen LogP contribution < -0.4 is 15.8 Å². The molecular formula is C11H16N2O. The van der Waals surface area contributed by atoms with Crippen molar-refractivity contribution in [3.05, 3.63) is 24.3 Å². The van der Waals surface area contributed by atoms with Crippen LogP contribution in [0, 0.1) is 0 Å². The highest BCUT2D eigenvalue weighted by molar-refractivity contribution is 5.47. The Morgan fingerprint density at radius 3 is 2.43 bits per heavy atom. The average molecular weight is 192 g/mol. The number of benzene rings is 1. The molecule has 0 aromatic heterocycles. The van der Waals surface area contributed by atoms with E-state index in [1.54, 1.807) is 7.11 Å². The van der Waals surface area contributed by atoms with Crippen molar-refractivity contribution in [2.24, 2.45) is 5.73 Å². The molecule has 1 aliphatic rings. The maximum atomic E-state index is 5.71. The first kappa shape index (κ1) is 9.34. The number of hydrogen-bond donors (Lipinski definition) is 2. The molecule has 0 heterocycles. The molecule has 0 saturated heterocycles. The highest BCUT2D eigenvalue weighted by atomic mass is 16.5. The Kier molecular flexibility index (Phi) is 2.59. The summed E-state index contributed by atoms with van der Waals surface area (Å²) in [7, 11) is 1.67. The maximum absolute atomic E-state index is 5.71. The van der Waals surface area contributed by atoms with E-state index in [-0.39, 0.29) is 0 Å². The van der Waals surface area contributed by atoms with Gasteiger partial charge < -0.3 is 15.8 Å². The topological polar surface area (TPSA) is 47.3 Å². The largest absolute Gasteiger partial charge is 0.497 e. The molecule has 1 aromatic carbocycles. The number of nitrogens with one attached hydrogen (secondary N) is 1. The van der Waals surface area contributed by atoms with E-state index in [2.05, 4.69) is 5.32 Å². The predicted molar refractivity (Wildman–Crippen MR) is 57.6 cm³/mol. The van der Waals surface area contributed by atoms with Gasteiger partial charge in [0.15, 0.2) is 0 Å². The first-order chi connectivity index (χ1) is 6.78. The van der Waals surface area contributed by atoms with Crippen molar-refractivity contribution in [1.82, 2.24) is 0 Å². The van der Waals surface area contributed by atoms with Crippen LogP contribution in [0.15, 0.2) is 24.3 Å². The van der Waals surface area contributed by atoms with Crippen LogP contribution in [-0.4, -0.2) is 19.2 Å². The van der Waals surface area contributed by atoms with Crippen molar-refractivity contribution in [3.8, 4) is 5.75 Å². The molecule has 0 radical (unpaired) electrons. The van der Waals surface area contributed by atoms with Crippen LogP contribution in [0.25, 0.3) is 0 Å². The molecule has 3 heteroatoms. The molecule has 14 heavy (non-hydrogen) atoms. The molecule has 1 aliphatic carbocycles.